The molecule has 2 N–H and O–H groups in total. The van der Waals surface area contributed by atoms with Gasteiger partial charge in [0.25, 0.3) is 5.91 Å². The Balaban J connectivity index is 1.30. The minimum atomic E-state index is -0.569. The van der Waals surface area contributed by atoms with Crippen molar-refractivity contribution in [1.82, 2.24) is 19.9 Å². The van der Waals surface area contributed by atoms with Gasteiger partial charge in [0, 0.05) is 43.6 Å². The Kier molecular flexibility index (Phi) is 6.70. The molecule has 178 valence electrons. The third-order valence-electron chi connectivity index (χ3n) is 6.38. The van der Waals surface area contributed by atoms with E-state index in [2.05, 4.69) is 30.5 Å². The molecule has 1 aliphatic heterocycles. The molecular formula is C23H25ClN6O4. The first kappa shape index (κ1) is 22.7. The third kappa shape index (κ3) is 4.89. The summed E-state index contributed by atoms with van der Waals surface area (Å²) in [5.41, 5.74) is 0.713. The van der Waals surface area contributed by atoms with Crippen molar-refractivity contribution in [3.8, 4) is 0 Å². The number of morpholine rings is 1. The highest BCUT2D eigenvalue weighted by Gasteiger charge is 2.32. The van der Waals surface area contributed by atoms with Gasteiger partial charge in [-0.25, -0.2) is 15.0 Å². The highest BCUT2D eigenvalue weighted by atomic mass is 35.5. The van der Waals surface area contributed by atoms with Gasteiger partial charge in [-0.05, 0) is 37.8 Å². The van der Waals surface area contributed by atoms with E-state index >= 15 is 0 Å². The second-order valence-electron chi connectivity index (χ2n) is 8.48. The molecular weight excluding hydrogens is 460 g/mol. The molecule has 0 aromatic carbocycles. The van der Waals surface area contributed by atoms with Crippen molar-refractivity contribution in [2.24, 2.45) is 5.92 Å². The number of anilines is 2. The van der Waals surface area contributed by atoms with E-state index in [1.165, 1.54) is 18.6 Å². The highest BCUT2D eigenvalue weighted by Crippen LogP contribution is 2.32. The number of nitrogens with one attached hydrogen (secondary N) is 2. The lowest BCUT2D eigenvalue weighted by molar-refractivity contribution is -0.121. The third-order valence-corrected chi connectivity index (χ3v) is 6.60. The maximum Gasteiger partial charge on any atom is 0.294 e. The van der Waals surface area contributed by atoms with E-state index in [-0.39, 0.29) is 29.0 Å². The molecule has 4 heterocycles. The Labute approximate surface area is 201 Å². The van der Waals surface area contributed by atoms with E-state index in [1.54, 1.807) is 12.1 Å². The number of nitrogens with zero attached hydrogens (tertiary/aromatic N) is 4. The lowest BCUT2D eigenvalue weighted by Crippen LogP contribution is -2.45. The smallest absolute Gasteiger partial charge is 0.294 e. The molecule has 2 fully saturated rings. The fourth-order valence-corrected chi connectivity index (χ4v) is 4.71. The topological polar surface area (TPSA) is 122 Å². The zero-order valence-electron chi connectivity index (χ0n) is 18.5. The first-order chi connectivity index (χ1) is 16.6. The van der Waals surface area contributed by atoms with Crippen LogP contribution in [0.25, 0.3) is 11.2 Å². The lowest BCUT2D eigenvalue weighted by Gasteiger charge is -2.38. The molecule has 11 heteroatoms. The zero-order valence-corrected chi connectivity index (χ0v) is 19.3. The Bertz CT molecular complexity index is 1170. The summed E-state index contributed by atoms with van der Waals surface area (Å²) >= 11 is 5.86. The van der Waals surface area contributed by atoms with Gasteiger partial charge in [-0.2, -0.15) is 0 Å². The van der Waals surface area contributed by atoms with Crippen molar-refractivity contribution in [2.75, 3.05) is 36.9 Å². The highest BCUT2D eigenvalue weighted by molar-refractivity contribution is 6.30. The summed E-state index contributed by atoms with van der Waals surface area (Å²) < 4.78 is 11.1. The predicted molar refractivity (Wildman–Crippen MR) is 126 cm³/mol. The normalized spacial score (nSPS) is 21.3. The van der Waals surface area contributed by atoms with Crippen molar-refractivity contribution in [2.45, 2.75) is 31.7 Å². The average Bonchev–Trinajstić information content (AvgIpc) is 3.24. The van der Waals surface area contributed by atoms with Gasteiger partial charge >= 0.3 is 0 Å². The van der Waals surface area contributed by atoms with Crippen LogP contribution >= 0.6 is 11.6 Å². The number of rotatable bonds is 5. The van der Waals surface area contributed by atoms with Crippen LogP contribution in [-0.4, -0.2) is 64.0 Å². The molecule has 0 spiro atoms. The summed E-state index contributed by atoms with van der Waals surface area (Å²) in [5, 5.41) is 6.01. The number of hydrogen-bond donors (Lipinski definition) is 2. The van der Waals surface area contributed by atoms with Gasteiger partial charge in [0.1, 0.15) is 11.5 Å². The van der Waals surface area contributed by atoms with Crippen LogP contribution in [0.2, 0.25) is 5.02 Å². The van der Waals surface area contributed by atoms with E-state index in [4.69, 9.17) is 20.8 Å². The summed E-state index contributed by atoms with van der Waals surface area (Å²) in [7, 11) is 0. The number of ether oxygens (including phenoxy) is 1. The van der Waals surface area contributed by atoms with Crippen molar-refractivity contribution in [3.05, 3.63) is 41.5 Å². The molecule has 34 heavy (non-hydrogen) atoms. The van der Waals surface area contributed by atoms with Crippen molar-refractivity contribution in [1.29, 1.82) is 0 Å². The van der Waals surface area contributed by atoms with E-state index < -0.39 is 5.91 Å². The molecule has 10 nitrogen and oxygen atoms in total. The maximum absolute atomic E-state index is 13.2. The van der Waals surface area contributed by atoms with E-state index in [0.717, 1.165) is 52.0 Å². The number of hydrogen-bond acceptors (Lipinski definition) is 8. The van der Waals surface area contributed by atoms with Crippen molar-refractivity contribution in [3.63, 3.8) is 0 Å². The van der Waals surface area contributed by atoms with Crippen LogP contribution in [0.4, 0.5) is 11.5 Å². The fraction of sp³-hybridized carbons (Fsp3) is 0.435. The number of pyridine rings is 1. The number of carbonyl (C=O) groups excluding carboxylic acids is 2. The van der Waals surface area contributed by atoms with E-state index in [0.29, 0.717) is 22.4 Å². The summed E-state index contributed by atoms with van der Waals surface area (Å²) in [6.45, 7) is 3.43. The molecule has 1 aliphatic carbocycles. The molecule has 0 radical (unpaired) electrons. The van der Waals surface area contributed by atoms with Crippen molar-refractivity contribution < 1.29 is 18.7 Å². The molecule has 0 unspecified atom stereocenters. The van der Waals surface area contributed by atoms with Gasteiger partial charge in [0.2, 0.25) is 17.4 Å². The number of halogens is 1. The fourth-order valence-electron chi connectivity index (χ4n) is 4.60. The van der Waals surface area contributed by atoms with Crippen LogP contribution < -0.4 is 10.6 Å². The number of fused-ring (bicyclic) bond motifs is 1. The van der Waals surface area contributed by atoms with Gasteiger partial charge in [-0.15, -0.1) is 0 Å². The van der Waals surface area contributed by atoms with Crippen LogP contribution in [0, 0.1) is 5.92 Å². The Morgan fingerprint density at radius 3 is 2.50 bits per heavy atom. The first-order valence-electron chi connectivity index (χ1n) is 11.4. The maximum atomic E-state index is 13.2. The van der Waals surface area contributed by atoms with Gasteiger partial charge < -0.3 is 19.8 Å². The second-order valence-corrected chi connectivity index (χ2v) is 8.91. The molecule has 5 rings (SSSR count). The Morgan fingerprint density at radius 1 is 1.00 bits per heavy atom. The molecule has 3 aromatic heterocycles. The molecule has 2 amide bonds. The minimum Gasteiger partial charge on any atom is -0.429 e. The second kappa shape index (κ2) is 10.0. The summed E-state index contributed by atoms with van der Waals surface area (Å²) in [4.78, 5) is 41.1. The standard InChI is InChI=1S/C23H25ClN6O4/c24-15-3-6-17(27-13-15)28-22(32)20-18(19-23(34-20)26-8-7-25-19)29-21(31)14-1-4-16(5-2-14)30-9-11-33-12-10-30/h3,6-8,13-14,16H,1-2,4-5,9-12H2,(H,29,31)(H,27,28,32). The molecule has 1 saturated carbocycles. The monoisotopic (exact) mass is 484 g/mol. The van der Waals surface area contributed by atoms with Gasteiger partial charge in [0.05, 0.1) is 18.2 Å². The number of carbonyl (C=O) groups is 2. The van der Waals surface area contributed by atoms with Gasteiger partial charge in [0.15, 0.2) is 5.52 Å². The largest absolute Gasteiger partial charge is 0.429 e. The number of furan rings is 1. The summed E-state index contributed by atoms with van der Waals surface area (Å²) in [6.07, 6.45) is 7.86. The van der Waals surface area contributed by atoms with Crippen LogP contribution in [0.3, 0.4) is 0 Å². The van der Waals surface area contributed by atoms with Crippen LogP contribution in [0.5, 0.6) is 0 Å². The molecule has 1 saturated heterocycles. The van der Waals surface area contributed by atoms with E-state index in [1.807, 2.05) is 0 Å². The quantitative estimate of drug-likeness (QED) is 0.565. The Morgan fingerprint density at radius 2 is 1.76 bits per heavy atom. The molecule has 0 bridgehead atoms. The number of aromatic nitrogens is 3. The predicted octanol–water partition coefficient (Wildman–Crippen LogP) is 3.35. The van der Waals surface area contributed by atoms with Crippen LogP contribution in [0.1, 0.15) is 36.2 Å². The summed E-state index contributed by atoms with van der Waals surface area (Å²) in [5.74, 6) is -0.635. The van der Waals surface area contributed by atoms with E-state index in [9.17, 15) is 9.59 Å². The molecule has 0 atom stereocenters. The zero-order chi connectivity index (χ0) is 23.5. The van der Waals surface area contributed by atoms with Crippen molar-refractivity contribution >= 4 is 46.2 Å². The Hall–Kier alpha value is -3.08. The number of amides is 2. The lowest BCUT2D eigenvalue weighted by atomic mass is 9.84. The average molecular weight is 485 g/mol. The van der Waals surface area contributed by atoms with Crippen LogP contribution in [-0.2, 0) is 9.53 Å². The van der Waals surface area contributed by atoms with Gasteiger partial charge in [-0.1, -0.05) is 11.6 Å². The first-order valence-corrected chi connectivity index (χ1v) is 11.8. The minimum absolute atomic E-state index is 0.0756. The summed E-state index contributed by atoms with van der Waals surface area (Å²) in [6, 6.07) is 3.67. The van der Waals surface area contributed by atoms with Crippen LogP contribution in [0.15, 0.2) is 35.1 Å². The molecule has 3 aromatic rings. The SMILES string of the molecule is O=C(Nc1ccc(Cl)cn1)c1oc2nccnc2c1NC(=O)C1CCC(N2CCOCC2)CC1. The molecule has 2 aliphatic rings. The van der Waals surface area contributed by atoms with Gasteiger partial charge in [-0.3, -0.25) is 14.5 Å².